The molecule has 1 aromatic rings. The molecule has 2 N–H and O–H groups in total. The summed E-state index contributed by atoms with van der Waals surface area (Å²) in [5.74, 6) is -5.73. The summed E-state index contributed by atoms with van der Waals surface area (Å²) in [6.07, 6.45) is -2.29. The van der Waals surface area contributed by atoms with Gasteiger partial charge in [0.1, 0.15) is 5.75 Å². The predicted molar refractivity (Wildman–Crippen MR) is 45.6 cm³/mol. The molecule has 1 unspecified atom stereocenters. The maximum absolute atomic E-state index is 12.8. The number of carbonyl (C=O) groups is 1. The number of aliphatic carboxylic acids is 1. The van der Waals surface area contributed by atoms with Gasteiger partial charge in [-0.15, -0.1) is 0 Å². The zero-order chi connectivity index (χ0) is 13.2. The van der Waals surface area contributed by atoms with Crippen LogP contribution in [0.3, 0.4) is 0 Å². The van der Waals surface area contributed by atoms with Crippen LogP contribution in [0.4, 0.5) is 17.6 Å². The number of aliphatic hydroxyl groups is 1. The van der Waals surface area contributed by atoms with Crippen LogP contribution in [0.2, 0.25) is 0 Å². The van der Waals surface area contributed by atoms with Crippen LogP contribution in [0, 0.1) is 11.6 Å². The Labute approximate surface area is 92.1 Å². The summed E-state index contributed by atoms with van der Waals surface area (Å²) >= 11 is 0. The van der Waals surface area contributed by atoms with Gasteiger partial charge in [0.2, 0.25) is 0 Å². The van der Waals surface area contributed by atoms with Crippen LogP contribution in [0.5, 0.6) is 5.75 Å². The van der Waals surface area contributed by atoms with Gasteiger partial charge in [-0.05, 0) is 6.07 Å². The summed E-state index contributed by atoms with van der Waals surface area (Å²) < 4.78 is 53.2. The zero-order valence-corrected chi connectivity index (χ0v) is 8.03. The quantitative estimate of drug-likeness (QED) is 0.802. The normalized spacial score (nSPS) is 12.6. The minimum atomic E-state index is -3.36. The number of alkyl halides is 2. The van der Waals surface area contributed by atoms with Gasteiger partial charge < -0.3 is 14.9 Å². The summed E-state index contributed by atoms with van der Waals surface area (Å²) in [5.41, 5.74) is -0.795. The van der Waals surface area contributed by atoms with E-state index in [4.69, 9.17) is 10.2 Å². The van der Waals surface area contributed by atoms with E-state index in [9.17, 15) is 22.4 Å². The third-order valence-electron chi connectivity index (χ3n) is 1.80. The van der Waals surface area contributed by atoms with Crippen LogP contribution in [0.25, 0.3) is 0 Å². The lowest BCUT2D eigenvalue weighted by Gasteiger charge is -2.13. The van der Waals surface area contributed by atoms with Crippen LogP contribution < -0.4 is 4.74 Å². The first-order chi connectivity index (χ1) is 7.82. The Morgan fingerprint density at radius 2 is 1.76 bits per heavy atom. The Balaban J connectivity index is 3.25. The summed E-state index contributed by atoms with van der Waals surface area (Å²) in [5, 5.41) is 17.5. The largest absolute Gasteiger partial charge is 0.479 e. The number of hydrogen-bond acceptors (Lipinski definition) is 3. The molecule has 0 heterocycles. The molecule has 0 spiro atoms. The van der Waals surface area contributed by atoms with Gasteiger partial charge in [0, 0.05) is 11.6 Å². The topological polar surface area (TPSA) is 66.8 Å². The third-order valence-corrected chi connectivity index (χ3v) is 1.80. The molecule has 0 radical (unpaired) electrons. The highest BCUT2D eigenvalue weighted by atomic mass is 19.3. The summed E-state index contributed by atoms with van der Waals surface area (Å²) in [4.78, 5) is 10.4. The number of aliphatic hydroxyl groups excluding tert-OH is 1. The van der Waals surface area contributed by atoms with Crippen LogP contribution in [-0.4, -0.2) is 22.8 Å². The number of carboxylic acid groups (broad SMARTS) is 1. The van der Waals surface area contributed by atoms with Crippen molar-refractivity contribution < 1.29 is 37.3 Å². The Morgan fingerprint density at radius 3 is 2.24 bits per heavy atom. The van der Waals surface area contributed by atoms with E-state index in [2.05, 4.69) is 4.74 Å². The van der Waals surface area contributed by atoms with Gasteiger partial charge in [0.25, 0.3) is 0 Å². The molecule has 0 saturated heterocycles. The van der Waals surface area contributed by atoms with Crippen molar-refractivity contribution >= 4 is 5.97 Å². The van der Waals surface area contributed by atoms with Crippen molar-refractivity contribution in [3.05, 3.63) is 29.3 Å². The second-order valence-electron chi connectivity index (χ2n) is 2.92. The first-order valence-corrected chi connectivity index (χ1v) is 4.17. The highest BCUT2D eigenvalue weighted by molar-refractivity contribution is 5.75. The average molecular weight is 254 g/mol. The Kier molecular flexibility index (Phi) is 3.89. The minimum Gasteiger partial charge on any atom is -0.479 e. The lowest BCUT2D eigenvalue weighted by atomic mass is 10.1. The fourth-order valence-corrected chi connectivity index (χ4v) is 1.09. The molecule has 0 fully saturated rings. The molecule has 0 amide bonds. The van der Waals surface area contributed by atoms with E-state index in [0.29, 0.717) is 0 Å². The molecule has 1 rings (SSSR count). The molecule has 17 heavy (non-hydrogen) atoms. The molecule has 4 nitrogen and oxygen atoms in total. The molecule has 0 aliphatic carbocycles. The molecule has 0 saturated carbocycles. The van der Waals surface area contributed by atoms with E-state index in [1.54, 1.807) is 0 Å². The van der Waals surface area contributed by atoms with Crippen molar-refractivity contribution in [1.29, 1.82) is 0 Å². The van der Waals surface area contributed by atoms with Crippen molar-refractivity contribution in [1.82, 2.24) is 0 Å². The highest BCUT2D eigenvalue weighted by Gasteiger charge is 2.24. The van der Waals surface area contributed by atoms with E-state index >= 15 is 0 Å². The third kappa shape index (κ3) is 3.06. The SMILES string of the molecule is O=C(O)C(O)c1cc(F)c(F)cc1OC(F)F. The first kappa shape index (κ1) is 13.2. The predicted octanol–water partition coefficient (Wildman–Crippen LogP) is 1.68. The second-order valence-corrected chi connectivity index (χ2v) is 2.92. The van der Waals surface area contributed by atoms with Crippen molar-refractivity contribution in [3.8, 4) is 5.75 Å². The fraction of sp³-hybridized carbons (Fsp3) is 0.222. The molecular formula is C9H6F4O4. The number of carboxylic acids is 1. The maximum Gasteiger partial charge on any atom is 0.387 e. The molecule has 1 aromatic carbocycles. The van der Waals surface area contributed by atoms with Crippen LogP contribution in [0.15, 0.2) is 12.1 Å². The molecule has 1 atom stereocenters. The smallest absolute Gasteiger partial charge is 0.387 e. The fourth-order valence-electron chi connectivity index (χ4n) is 1.09. The molecule has 0 bridgehead atoms. The van der Waals surface area contributed by atoms with E-state index in [-0.39, 0.29) is 12.1 Å². The lowest BCUT2D eigenvalue weighted by molar-refractivity contribution is -0.147. The number of hydrogen-bond donors (Lipinski definition) is 2. The lowest BCUT2D eigenvalue weighted by Crippen LogP contribution is -2.14. The second kappa shape index (κ2) is 5.00. The van der Waals surface area contributed by atoms with Crippen LogP contribution in [-0.2, 0) is 4.79 Å². The van der Waals surface area contributed by atoms with E-state index in [1.165, 1.54) is 0 Å². The van der Waals surface area contributed by atoms with Crippen molar-refractivity contribution in [2.24, 2.45) is 0 Å². The minimum absolute atomic E-state index is 0.239. The monoisotopic (exact) mass is 254 g/mol. The van der Waals surface area contributed by atoms with Gasteiger partial charge in [-0.1, -0.05) is 0 Å². The summed E-state index contributed by atoms with van der Waals surface area (Å²) in [6.45, 7) is -3.36. The molecule has 94 valence electrons. The maximum atomic E-state index is 12.8. The number of ether oxygens (including phenoxy) is 1. The summed E-state index contributed by atoms with van der Waals surface area (Å²) in [7, 11) is 0. The van der Waals surface area contributed by atoms with Gasteiger partial charge in [0.15, 0.2) is 17.7 Å². The molecule has 8 heteroatoms. The first-order valence-electron chi connectivity index (χ1n) is 4.17. The number of rotatable bonds is 4. The van der Waals surface area contributed by atoms with E-state index in [1.807, 2.05) is 0 Å². The Bertz CT molecular complexity index is 435. The Hall–Kier alpha value is -1.83. The van der Waals surface area contributed by atoms with Gasteiger partial charge in [-0.25, -0.2) is 13.6 Å². The van der Waals surface area contributed by atoms with Crippen molar-refractivity contribution in [2.75, 3.05) is 0 Å². The molecule has 0 aromatic heterocycles. The van der Waals surface area contributed by atoms with Crippen molar-refractivity contribution in [3.63, 3.8) is 0 Å². The van der Waals surface area contributed by atoms with Crippen LogP contribution >= 0.6 is 0 Å². The van der Waals surface area contributed by atoms with Crippen LogP contribution in [0.1, 0.15) is 11.7 Å². The van der Waals surface area contributed by atoms with Gasteiger partial charge in [0.05, 0.1) is 0 Å². The zero-order valence-electron chi connectivity index (χ0n) is 8.03. The van der Waals surface area contributed by atoms with Gasteiger partial charge >= 0.3 is 12.6 Å². The standard InChI is InChI=1S/C9H6F4O4/c10-4-1-3(7(14)8(15)16)6(2-5(4)11)17-9(12)13/h1-2,7,9,14H,(H,15,16). The van der Waals surface area contributed by atoms with E-state index < -0.39 is 41.6 Å². The molecule has 0 aliphatic rings. The number of benzene rings is 1. The van der Waals surface area contributed by atoms with Crippen molar-refractivity contribution in [2.45, 2.75) is 12.7 Å². The molecular weight excluding hydrogens is 248 g/mol. The molecule has 0 aliphatic heterocycles. The summed E-state index contributed by atoms with van der Waals surface area (Å²) in [6, 6.07) is 0.523. The van der Waals surface area contributed by atoms with E-state index in [0.717, 1.165) is 0 Å². The van der Waals surface area contributed by atoms with Gasteiger partial charge in [-0.2, -0.15) is 8.78 Å². The average Bonchev–Trinajstić information content (AvgIpc) is 2.21. The highest BCUT2D eigenvalue weighted by Crippen LogP contribution is 2.29. The Morgan fingerprint density at radius 1 is 1.24 bits per heavy atom. The van der Waals surface area contributed by atoms with Gasteiger partial charge in [-0.3, -0.25) is 0 Å². The number of halogens is 4.